The molecule has 1 aromatic rings. The normalized spacial score (nSPS) is 34.2. The number of fused-ring (bicyclic) bond motifs is 5. The molecule has 2 heteroatoms. The van der Waals surface area contributed by atoms with E-state index in [4.69, 9.17) is 0 Å². The minimum Gasteiger partial charge on any atom is -0.319 e. The maximum atomic E-state index is 2.46. The Hall–Kier alpha value is -0.920. The van der Waals surface area contributed by atoms with Crippen molar-refractivity contribution in [2.75, 3.05) is 19.1 Å². The fourth-order valence-corrected chi connectivity index (χ4v) is 4.09. The van der Waals surface area contributed by atoms with Crippen LogP contribution in [0.2, 0.25) is 0 Å². The Morgan fingerprint density at radius 3 is 2.62 bits per heavy atom. The van der Waals surface area contributed by atoms with Gasteiger partial charge in [-0.05, 0) is 35.8 Å². The highest BCUT2D eigenvalue weighted by molar-refractivity contribution is 5.47. The molecule has 0 aromatic carbocycles. The molecule has 1 aromatic heterocycles. The second-order valence-electron chi connectivity index (χ2n) is 6.46. The van der Waals surface area contributed by atoms with Crippen LogP contribution in [0.3, 0.4) is 0 Å². The van der Waals surface area contributed by atoms with Gasteiger partial charge < -0.3 is 5.01 Å². The molecule has 2 aliphatic carbocycles. The van der Waals surface area contributed by atoms with Crippen LogP contribution in [0.4, 0.5) is 0 Å². The van der Waals surface area contributed by atoms with Gasteiger partial charge in [-0.1, -0.05) is 20.8 Å². The highest BCUT2D eigenvalue weighted by Crippen LogP contribution is 2.67. The van der Waals surface area contributed by atoms with E-state index in [0.717, 1.165) is 5.92 Å². The molecule has 2 bridgehead atoms. The summed E-state index contributed by atoms with van der Waals surface area (Å²) in [6, 6.07) is 2.34. The molecule has 88 valence electrons. The first-order valence-electron chi connectivity index (χ1n) is 6.29. The second kappa shape index (κ2) is 2.66. The minimum atomic E-state index is 0.362. The molecule has 3 rings (SSSR count). The van der Waals surface area contributed by atoms with Gasteiger partial charge in [0.25, 0.3) is 0 Å². The van der Waals surface area contributed by atoms with Crippen molar-refractivity contribution in [3.63, 3.8) is 0 Å². The summed E-state index contributed by atoms with van der Waals surface area (Å²) in [5, 5.41) is 2.20. The molecule has 0 saturated heterocycles. The van der Waals surface area contributed by atoms with E-state index in [2.05, 4.69) is 56.8 Å². The van der Waals surface area contributed by atoms with Gasteiger partial charge in [0.1, 0.15) is 0 Å². The largest absolute Gasteiger partial charge is 0.319 e. The first-order chi connectivity index (χ1) is 7.39. The Bertz CT molecular complexity index is 442. The molecule has 1 fully saturated rings. The van der Waals surface area contributed by atoms with Crippen LogP contribution in [-0.4, -0.2) is 18.8 Å². The van der Waals surface area contributed by atoms with E-state index in [-0.39, 0.29) is 0 Å². The lowest BCUT2D eigenvalue weighted by atomic mass is 9.70. The summed E-state index contributed by atoms with van der Waals surface area (Å²) in [7, 11) is 4.26. The van der Waals surface area contributed by atoms with Crippen LogP contribution in [0.5, 0.6) is 0 Å². The van der Waals surface area contributed by atoms with E-state index in [1.807, 2.05) is 0 Å². The standard InChI is InChI=1S/C14H22N2/c1-13(2)11-6-8-14(13,3)12-10(11)7-9-16(12)15(4)5/h7,9,11H,6,8H2,1-5H3/t11-,14+/m1/s1. The zero-order valence-corrected chi connectivity index (χ0v) is 11.0. The number of hydrogen-bond donors (Lipinski definition) is 0. The Kier molecular flexibility index (Phi) is 1.71. The number of hydrogen-bond acceptors (Lipinski definition) is 1. The van der Waals surface area contributed by atoms with Crippen molar-refractivity contribution in [2.24, 2.45) is 5.41 Å². The molecule has 0 unspecified atom stereocenters. The van der Waals surface area contributed by atoms with Crippen molar-refractivity contribution in [3.05, 3.63) is 23.5 Å². The first kappa shape index (κ1) is 10.2. The van der Waals surface area contributed by atoms with Crippen molar-refractivity contribution in [1.29, 1.82) is 0 Å². The van der Waals surface area contributed by atoms with Gasteiger partial charge in [-0.25, -0.2) is 0 Å². The van der Waals surface area contributed by atoms with Gasteiger partial charge in [0.2, 0.25) is 0 Å². The lowest BCUT2D eigenvalue weighted by Gasteiger charge is -2.37. The molecule has 2 atom stereocenters. The maximum Gasteiger partial charge on any atom is 0.0495 e. The Morgan fingerprint density at radius 2 is 2.00 bits per heavy atom. The van der Waals surface area contributed by atoms with E-state index >= 15 is 0 Å². The summed E-state index contributed by atoms with van der Waals surface area (Å²) in [5.41, 5.74) is 3.96. The molecule has 1 saturated carbocycles. The summed E-state index contributed by atoms with van der Waals surface area (Å²) >= 11 is 0. The van der Waals surface area contributed by atoms with Crippen molar-refractivity contribution >= 4 is 0 Å². The van der Waals surface area contributed by atoms with Gasteiger partial charge in [-0.15, -0.1) is 0 Å². The monoisotopic (exact) mass is 218 g/mol. The predicted octanol–water partition coefficient (Wildman–Crippen LogP) is 2.86. The Labute approximate surface area is 98.2 Å². The molecule has 1 heterocycles. The van der Waals surface area contributed by atoms with Crippen LogP contribution >= 0.6 is 0 Å². The third kappa shape index (κ3) is 0.861. The van der Waals surface area contributed by atoms with Gasteiger partial charge in [0, 0.05) is 31.4 Å². The Morgan fingerprint density at radius 1 is 1.31 bits per heavy atom. The topological polar surface area (TPSA) is 8.17 Å². The SMILES string of the molecule is CN(C)n1ccc2c1[C@]1(C)CC[C@H]2C1(C)C. The van der Waals surface area contributed by atoms with Crippen molar-refractivity contribution in [2.45, 2.75) is 44.9 Å². The molecule has 0 N–H and O–H groups in total. The van der Waals surface area contributed by atoms with Gasteiger partial charge in [0.05, 0.1) is 0 Å². The summed E-state index contributed by atoms with van der Waals surface area (Å²) in [4.78, 5) is 0. The molecular weight excluding hydrogens is 196 g/mol. The van der Waals surface area contributed by atoms with E-state index in [0.29, 0.717) is 10.8 Å². The van der Waals surface area contributed by atoms with Crippen molar-refractivity contribution in [3.8, 4) is 0 Å². The predicted molar refractivity (Wildman–Crippen MR) is 67.6 cm³/mol. The van der Waals surface area contributed by atoms with E-state index < -0.39 is 0 Å². The van der Waals surface area contributed by atoms with Crippen LogP contribution in [0.1, 0.15) is 50.8 Å². The average Bonchev–Trinajstić information content (AvgIpc) is 2.74. The molecular formula is C14H22N2. The van der Waals surface area contributed by atoms with Crippen LogP contribution < -0.4 is 5.01 Å². The molecule has 0 spiro atoms. The lowest BCUT2D eigenvalue weighted by Crippen LogP contribution is -2.37. The van der Waals surface area contributed by atoms with E-state index in [1.165, 1.54) is 12.8 Å². The van der Waals surface area contributed by atoms with Gasteiger partial charge >= 0.3 is 0 Å². The van der Waals surface area contributed by atoms with E-state index in [1.54, 1.807) is 11.3 Å². The fourth-order valence-electron chi connectivity index (χ4n) is 4.09. The third-order valence-electron chi connectivity index (χ3n) is 5.45. The fraction of sp³-hybridized carbons (Fsp3) is 0.714. The molecule has 0 amide bonds. The highest BCUT2D eigenvalue weighted by Gasteiger charge is 2.61. The number of nitrogens with zero attached hydrogens (tertiary/aromatic N) is 2. The third-order valence-corrected chi connectivity index (χ3v) is 5.45. The van der Waals surface area contributed by atoms with Crippen LogP contribution in [-0.2, 0) is 5.41 Å². The second-order valence-corrected chi connectivity index (χ2v) is 6.46. The zero-order valence-electron chi connectivity index (χ0n) is 11.0. The molecule has 2 aliphatic rings. The van der Waals surface area contributed by atoms with E-state index in [9.17, 15) is 0 Å². The lowest BCUT2D eigenvalue weighted by molar-refractivity contribution is 0.221. The van der Waals surface area contributed by atoms with Gasteiger partial charge in [-0.2, -0.15) is 0 Å². The smallest absolute Gasteiger partial charge is 0.0495 e. The molecule has 2 nitrogen and oxygen atoms in total. The Balaban J connectivity index is 2.25. The molecule has 16 heavy (non-hydrogen) atoms. The molecule has 0 radical (unpaired) electrons. The zero-order chi connectivity index (χ0) is 11.7. The highest BCUT2D eigenvalue weighted by atomic mass is 15.5. The molecule has 0 aliphatic heterocycles. The maximum absolute atomic E-state index is 2.46. The summed E-state index contributed by atoms with van der Waals surface area (Å²) in [6.07, 6.45) is 4.94. The average molecular weight is 218 g/mol. The minimum absolute atomic E-state index is 0.362. The van der Waals surface area contributed by atoms with Crippen molar-refractivity contribution < 1.29 is 0 Å². The van der Waals surface area contributed by atoms with Crippen LogP contribution in [0, 0.1) is 5.41 Å². The quantitative estimate of drug-likeness (QED) is 0.703. The summed E-state index contributed by atoms with van der Waals surface area (Å²) in [6.45, 7) is 7.36. The van der Waals surface area contributed by atoms with Gasteiger partial charge in [0.15, 0.2) is 0 Å². The summed E-state index contributed by atoms with van der Waals surface area (Å²) in [5.74, 6) is 0.772. The number of rotatable bonds is 1. The van der Waals surface area contributed by atoms with Crippen LogP contribution in [0.25, 0.3) is 0 Å². The summed E-state index contributed by atoms with van der Waals surface area (Å²) < 4.78 is 2.34. The first-order valence-corrected chi connectivity index (χ1v) is 6.29. The van der Waals surface area contributed by atoms with Crippen LogP contribution in [0.15, 0.2) is 12.3 Å². The van der Waals surface area contributed by atoms with Gasteiger partial charge in [-0.3, -0.25) is 4.68 Å². The number of aromatic nitrogens is 1. The van der Waals surface area contributed by atoms with Crippen molar-refractivity contribution in [1.82, 2.24) is 4.68 Å².